The van der Waals surface area contributed by atoms with E-state index in [9.17, 15) is 9.59 Å². The standard InChI is InChI=1S/C13H15N5O2S/c1-2-21-12-5-9(3-4-14-12)13(20)15-8-11(19)18-10-6-16-17-7-10/h3-7H,2,8H2,1H3,(H,15,20)(H,16,17)(H,18,19). The van der Waals surface area contributed by atoms with Crippen molar-refractivity contribution in [1.29, 1.82) is 0 Å². The minimum atomic E-state index is -0.318. The van der Waals surface area contributed by atoms with Gasteiger partial charge in [-0.15, -0.1) is 11.8 Å². The number of nitrogens with zero attached hydrogens (tertiary/aromatic N) is 2. The number of amides is 2. The topological polar surface area (TPSA) is 99.8 Å². The highest BCUT2D eigenvalue weighted by atomic mass is 32.2. The molecule has 0 atom stereocenters. The molecule has 7 nitrogen and oxygen atoms in total. The Balaban J connectivity index is 1.86. The summed E-state index contributed by atoms with van der Waals surface area (Å²) in [6, 6.07) is 3.32. The molecule has 0 spiro atoms. The number of aromatic nitrogens is 3. The van der Waals surface area contributed by atoms with Gasteiger partial charge in [0, 0.05) is 18.0 Å². The quantitative estimate of drug-likeness (QED) is 0.698. The molecule has 2 rings (SSSR count). The van der Waals surface area contributed by atoms with Gasteiger partial charge in [-0.1, -0.05) is 6.92 Å². The van der Waals surface area contributed by atoms with Gasteiger partial charge in [0.2, 0.25) is 5.91 Å². The van der Waals surface area contributed by atoms with E-state index < -0.39 is 0 Å². The average Bonchev–Trinajstić information content (AvgIpc) is 2.98. The second kappa shape index (κ2) is 7.44. The Morgan fingerprint density at radius 3 is 3.00 bits per heavy atom. The van der Waals surface area contributed by atoms with E-state index in [1.165, 1.54) is 6.20 Å². The summed E-state index contributed by atoms with van der Waals surface area (Å²) >= 11 is 1.55. The summed E-state index contributed by atoms with van der Waals surface area (Å²) in [5.74, 6) is 0.255. The third-order valence-corrected chi connectivity index (χ3v) is 3.29. The number of carbonyl (C=O) groups excluding carboxylic acids is 2. The van der Waals surface area contributed by atoms with Gasteiger partial charge in [-0.25, -0.2) is 4.98 Å². The van der Waals surface area contributed by atoms with Crippen LogP contribution in [0.5, 0.6) is 0 Å². The van der Waals surface area contributed by atoms with Gasteiger partial charge in [-0.05, 0) is 17.9 Å². The van der Waals surface area contributed by atoms with Crippen LogP contribution >= 0.6 is 11.8 Å². The Kier molecular flexibility index (Phi) is 5.33. The van der Waals surface area contributed by atoms with Crippen molar-refractivity contribution in [2.75, 3.05) is 17.6 Å². The molecule has 2 aromatic rings. The smallest absolute Gasteiger partial charge is 0.251 e. The molecular formula is C13H15N5O2S. The fourth-order valence-electron chi connectivity index (χ4n) is 1.56. The zero-order valence-corrected chi connectivity index (χ0v) is 12.2. The van der Waals surface area contributed by atoms with E-state index in [1.54, 1.807) is 36.3 Å². The van der Waals surface area contributed by atoms with E-state index in [-0.39, 0.29) is 18.4 Å². The Morgan fingerprint density at radius 1 is 1.43 bits per heavy atom. The summed E-state index contributed by atoms with van der Waals surface area (Å²) in [5.41, 5.74) is 1.04. The summed E-state index contributed by atoms with van der Waals surface area (Å²) in [5, 5.41) is 12.2. The molecule has 0 fully saturated rings. The molecule has 110 valence electrons. The summed E-state index contributed by atoms with van der Waals surface area (Å²) in [4.78, 5) is 27.7. The molecule has 0 aliphatic rings. The summed E-state index contributed by atoms with van der Waals surface area (Å²) in [7, 11) is 0. The predicted octanol–water partition coefficient (Wildman–Crippen LogP) is 1.29. The first-order valence-electron chi connectivity index (χ1n) is 6.34. The molecule has 0 saturated carbocycles. The van der Waals surface area contributed by atoms with Crippen LogP contribution in [-0.2, 0) is 4.79 Å². The fourth-order valence-corrected chi connectivity index (χ4v) is 2.21. The predicted molar refractivity (Wildman–Crippen MR) is 80.2 cm³/mol. The Bertz CT molecular complexity index is 615. The zero-order valence-electron chi connectivity index (χ0n) is 11.4. The van der Waals surface area contributed by atoms with Crippen molar-refractivity contribution in [3.63, 3.8) is 0 Å². The molecule has 0 bridgehead atoms. The Hall–Kier alpha value is -2.35. The first-order chi connectivity index (χ1) is 10.2. The number of nitrogens with one attached hydrogen (secondary N) is 3. The summed E-state index contributed by atoms with van der Waals surface area (Å²) < 4.78 is 0. The van der Waals surface area contributed by atoms with Gasteiger partial charge in [0.05, 0.1) is 23.5 Å². The maximum atomic E-state index is 12.0. The van der Waals surface area contributed by atoms with Crippen molar-refractivity contribution < 1.29 is 9.59 Å². The minimum absolute atomic E-state index is 0.109. The Morgan fingerprint density at radius 2 is 2.29 bits per heavy atom. The van der Waals surface area contributed by atoms with Crippen LogP contribution in [0.3, 0.4) is 0 Å². The van der Waals surface area contributed by atoms with Gasteiger partial charge < -0.3 is 10.6 Å². The van der Waals surface area contributed by atoms with Gasteiger partial charge in [-0.2, -0.15) is 5.10 Å². The lowest BCUT2D eigenvalue weighted by atomic mass is 10.2. The van der Waals surface area contributed by atoms with E-state index in [0.29, 0.717) is 11.3 Å². The van der Waals surface area contributed by atoms with Crippen LogP contribution in [0.15, 0.2) is 35.7 Å². The molecule has 0 aromatic carbocycles. The van der Waals surface area contributed by atoms with Gasteiger partial charge >= 0.3 is 0 Å². The van der Waals surface area contributed by atoms with Gasteiger partial charge in [0.1, 0.15) is 0 Å². The van der Waals surface area contributed by atoms with Crippen LogP contribution in [0, 0.1) is 0 Å². The van der Waals surface area contributed by atoms with Crippen molar-refractivity contribution in [2.24, 2.45) is 0 Å². The highest BCUT2D eigenvalue weighted by molar-refractivity contribution is 7.99. The number of aromatic amines is 1. The van der Waals surface area contributed by atoms with E-state index in [2.05, 4.69) is 25.8 Å². The molecule has 0 aliphatic heterocycles. The SMILES string of the molecule is CCSc1cc(C(=O)NCC(=O)Nc2cn[nH]c2)ccn1. The molecule has 3 N–H and O–H groups in total. The number of carbonyl (C=O) groups is 2. The molecule has 2 heterocycles. The van der Waals surface area contributed by atoms with Gasteiger partial charge in [0.25, 0.3) is 5.91 Å². The zero-order chi connectivity index (χ0) is 15.1. The van der Waals surface area contributed by atoms with Crippen LogP contribution in [0.4, 0.5) is 5.69 Å². The molecule has 21 heavy (non-hydrogen) atoms. The number of anilines is 1. The summed E-state index contributed by atoms with van der Waals surface area (Å²) in [6.45, 7) is 1.90. The molecule has 0 saturated heterocycles. The number of rotatable bonds is 6. The minimum Gasteiger partial charge on any atom is -0.343 e. The third-order valence-electron chi connectivity index (χ3n) is 2.48. The molecule has 0 unspecified atom stereocenters. The number of pyridine rings is 1. The van der Waals surface area contributed by atoms with E-state index in [0.717, 1.165) is 10.8 Å². The Labute approximate surface area is 125 Å². The number of thioether (sulfide) groups is 1. The van der Waals surface area contributed by atoms with Crippen molar-refractivity contribution in [3.8, 4) is 0 Å². The van der Waals surface area contributed by atoms with Crippen molar-refractivity contribution in [2.45, 2.75) is 11.9 Å². The normalized spacial score (nSPS) is 10.1. The molecular weight excluding hydrogens is 290 g/mol. The maximum Gasteiger partial charge on any atom is 0.251 e. The lowest BCUT2D eigenvalue weighted by molar-refractivity contribution is -0.115. The highest BCUT2D eigenvalue weighted by Crippen LogP contribution is 2.15. The largest absolute Gasteiger partial charge is 0.343 e. The van der Waals surface area contributed by atoms with Crippen molar-refractivity contribution in [1.82, 2.24) is 20.5 Å². The van der Waals surface area contributed by atoms with Crippen LogP contribution in [-0.4, -0.2) is 39.3 Å². The van der Waals surface area contributed by atoms with Crippen LogP contribution in [0.1, 0.15) is 17.3 Å². The molecule has 2 amide bonds. The van der Waals surface area contributed by atoms with E-state index in [4.69, 9.17) is 0 Å². The van der Waals surface area contributed by atoms with Crippen LogP contribution < -0.4 is 10.6 Å². The van der Waals surface area contributed by atoms with Crippen molar-refractivity contribution >= 4 is 29.3 Å². The van der Waals surface area contributed by atoms with Gasteiger partial charge in [-0.3, -0.25) is 14.7 Å². The second-order valence-corrected chi connectivity index (χ2v) is 5.32. The number of H-pyrrole nitrogens is 1. The average molecular weight is 305 g/mol. The van der Waals surface area contributed by atoms with Crippen LogP contribution in [0.25, 0.3) is 0 Å². The van der Waals surface area contributed by atoms with Crippen LogP contribution in [0.2, 0.25) is 0 Å². The second-order valence-electron chi connectivity index (χ2n) is 4.03. The molecule has 8 heteroatoms. The first kappa shape index (κ1) is 15.0. The lowest BCUT2D eigenvalue weighted by Gasteiger charge is -2.06. The lowest BCUT2D eigenvalue weighted by Crippen LogP contribution is -2.32. The monoisotopic (exact) mass is 305 g/mol. The highest BCUT2D eigenvalue weighted by Gasteiger charge is 2.09. The van der Waals surface area contributed by atoms with Crippen molar-refractivity contribution in [3.05, 3.63) is 36.3 Å². The first-order valence-corrected chi connectivity index (χ1v) is 7.33. The molecule has 2 aromatic heterocycles. The summed E-state index contributed by atoms with van der Waals surface area (Å²) in [6.07, 6.45) is 4.62. The third kappa shape index (κ3) is 4.60. The number of hydrogen-bond donors (Lipinski definition) is 3. The van der Waals surface area contributed by atoms with E-state index in [1.807, 2.05) is 6.92 Å². The number of hydrogen-bond acceptors (Lipinski definition) is 5. The fraction of sp³-hybridized carbons (Fsp3) is 0.231. The van der Waals surface area contributed by atoms with E-state index >= 15 is 0 Å². The molecule has 0 aliphatic carbocycles. The molecule has 0 radical (unpaired) electrons. The van der Waals surface area contributed by atoms with Gasteiger partial charge in [0.15, 0.2) is 0 Å². The maximum absolute atomic E-state index is 12.0.